The zero-order chi connectivity index (χ0) is 12.5. The topological polar surface area (TPSA) is 87.3 Å². The van der Waals surface area contributed by atoms with Crippen LogP contribution >= 0.6 is 0 Å². The minimum Gasteiger partial charge on any atom is -0.396 e. The van der Waals surface area contributed by atoms with Crippen LogP contribution in [0.4, 0.5) is 17.6 Å². The zero-order valence-electron chi connectivity index (χ0n) is 10.3. The van der Waals surface area contributed by atoms with Crippen molar-refractivity contribution in [2.75, 3.05) is 35.6 Å². The van der Waals surface area contributed by atoms with E-state index < -0.39 is 0 Å². The predicted molar refractivity (Wildman–Crippen MR) is 70.5 cm³/mol. The van der Waals surface area contributed by atoms with Crippen molar-refractivity contribution in [2.45, 2.75) is 25.3 Å². The molecule has 1 aliphatic carbocycles. The van der Waals surface area contributed by atoms with Crippen LogP contribution in [0.15, 0.2) is 6.07 Å². The molecular weight excluding hydrogens is 230 g/mol. The summed E-state index contributed by atoms with van der Waals surface area (Å²) in [7, 11) is 0. The van der Waals surface area contributed by atoms with Crippen LogP contribution in [0.2, 0.25) is 0 Å². The SMILES string of the molecule is Nc1nc(NC2CC2)cc(N2CCC(CO)C2)n1. The number of nitrogens with zero attached hydrogens (tertiary/aromatic N) is 3. The summed E-state index contributed by atoms with van der Waals surface area (Å²) >= 11 is 0. The predicted octanol–water partition coefficient (Wildman–Crippen LogP) is 0.452. The van der Waals surface area contributed by atoms with E-state index in [4.69, 9.17) is 5.73 Å². The van der Waals surface area contributed by atoms with E-state index in [0.29, 0.717) is 17.9 Å². The molecule has 0 spiro atoms. The molecular formula is C12H19N5O. The number of hydrogen-bond donors (Lipinski definition) is 3. The third-order valence-corrected chi connectivity index (χ3v) is 3.53. The van der Waals surface area contributed by atoms with Gasteiger partial charge in [0, 0.05) is 37.7 Å². The van der Waals surface area contributed by atoms with E-state index in [2.05, 4.69) is 20.2 Å². The Hall–Kier alpha value is -1.56. The Kier molecular flexibility index (Phi) is 2.95. The third kappa shape index (κ3) is 2.48. The highest BCUT2D eigenvalue weighted by molar-refractivity contribution is 5.53. The van der Waals surface area contributed by atoms with Crippen LogP contribution < -0.4 is 16.0 Å². The quantitative estimate of drug-likeness (QED) is 0.718. The summed E-state index contributed by atoms with van der Waals surface area (Å²) in [5, 5.41) is 12.5. The van der Waals surface area contributed by atoms with Crippen molar-refractivity contribution in [3.63, 3.8) is 0 Å². The number of nitrogen functional groups attached to an aromatic ring is 1. The number of aromatic nitrogens is 2. The third-order valence-electron chi connectivity index (χ3n) is 3.53. The molecule has 0 aromatic carbocycles. The number of aliphatic hydroxyl groups excluding tert-OH is 1. The number of anilines is 3. The number of hydrogen-bond acceptors (Lipinski definition) is 6. The van der Waals surface area contributed by atoms with Crippen molar-refractivity contribution in [3.8, 4) is 0 Å². The van der Waals surface area contributed by atoms with Gasteiger partial charge >= 0.3 is 0 Å². The summed E-state index contributed by atoms with van der Waals surface area (Å²) < 4.78 is 0. The van der Waals surface area contributed by atoms with Gasteiger partial charge in [0.25, 0.3) is 0 Å². The molecule has 2 fully saturated rings. The van der Waals surface area contributed by atoms with E-state index in [1.807, 2.05) is 6.07 Å². The molecule has 2 aliphatic rings. The Balaban J connectivity index is 1.76. The van der Waals surface area contributed by atoms with E-state index in [-0.39, 0.29) is 6.61 Å². The Bertz CT molecular complexity index is 434. The first-order chi connectivity index (χ1) is 8.74. The largest absolute Gasteiger partial charge is 0.396 e. The molecule has 1 unspecified atom stereocenters. The maximum absolute atomic E-state index is 9.17. The molecule has 1 aliphatic heterocycles. The van der Waals surface area contributed by atoms with Crippen molar-refractivity contribution in [1.82, 2.24) is 9.97 Å². The summed E-state index contributed by atoms with van der Waals surface area (Å²) in [6.45, 7) is 2.00. The van der Waals surface area contributed by atoms with Gasteiger partial charge in [-0.2, -0.15) is 9.97 Å². The highest BCUT2D eigenvalue weighted by Crippen LogP contribution is 2.27. The van der Waals surface area contributed by atoms with Gasteiger partial charge in [-0.1, -0.05) is 0 Å². The minimum absolute atomic E-state index is 0.240. The van der Waals surface area contributed by atoms with Crippen molar-refractivity contribution in [2.24, 2.45) is 5.92 Å². The lowest BCUT2D eigenvalue weighted by molar-refractivity contribution is 0.238. The van der Waals surface area contributed by atoms with E-state index in [1.165, 1.54) is 12.8 Å². The molecule has 0 bridgehead atoms. The van der Waals surface area contributed by atoms with Crippen molar-refractivity contribution in [1.29, 1.82) is 0 Å². The van der Waals surface area contributed by atoms with Crippen LogP contribution in [0, 0.1) is 5.92 Å². The highest BCUT2D eigenvalue weighted by atomic mass is 16.3. The Morgan fingerprint density at radius 2 is 2.22 bits per heavy atom. The molecule has 1 atom stereocenters. The highest BCUT2D eigenvalue weighted by Gasteiger charge is 2.25. The second-order valence-corrected chi connectivity index (χ2v) is 5.17. The molecule has 2 heterocycles. The molecule has 1 aromatic heterocycles. The molecule has 4 N–H and O–H groups in total. The van der Waals surface area contributed by atoms with Crippen LogP contribution in [0.25, 0.3) is 0 Å². The molecule has 18 heavy (non-hydrogen) atoms. The molecule has 6 heteroatoms. The second-order valence-electron chi connectivity index (χ2n) is 5.17. The molecule has 0 radical (unpaired) electrons. The van der Waals surface area contributed by atoms with Gasteiger partial charge in [0.1, 0.15) is 11.6 Å². The first kappa shape index (κ1) is 11.5. The molecule has 0 amide bonds. The first-order valence-corrected chi connectivity index (χ1v) is 6.51. The van der Waals surface area contributed by atoms with Crippen molar-refractivity contribution < 1.29 is 5.11 Å². The summed E-state index contributed by atoms with van der Waals surface area (Å²) in [4.78, 5) is 10.7. The monoisotopic (exact) mass is 249 g/mol. The number of rotatable bonds is 4. The van der Waals surface area contributed by atoms with Gasteiger partial charge in [0.05, 0.1) is 0 Å². The summed E-state index contributed by atoms with van der Waals surface area (Å²) in [6.07, 6.45) is 3.41. The van der Waals surface area contributed by atoms with Gasteiger partial charge < -0.3 is 21.1 Å². The van der Waals surface area contributed by atoms with Gasteiger partial charge in [-0.3, -0.25) is 0 Å². The van der Waals surface area contributed by atoms with Crippen molar-refractivity contribution in [3.05, 3.63) is 6.07 Å². The average Bonchev–Trinajstić information content (AvgIpc) is 3.03. The fourth-order valence-electron chi connectivity index (χ4n) is 2.32. The molecule has 1 saturated carbocycles. The van der Waals surface area contributed by atoms with Crippen LogP contribution in [0.1, 0.15) is 19.3 Å². The standard InChI is InChI=1S/C12H19N5O/c13-12-15-10(14-9-1-2-9)5-11(16-12)17-4-3-8(6-17)7-18/h5,8-9,18H,1-4,6-7H2,(H3,13,14,15,16). The van der Waals surface area contributed by atoms with E-state index in [0.717, 1.165) is 31.1 Å². The fourth-order valence-corrected chi connectivity index (χ4v) is 2.32. The first-order valence-electron chi connectivity index (χ1n) is 6.51. The van der Waals surface area contributed by atoms with Gasteiger partial charge in [-0.25, -0.2) is 0 Å². The molecule has 1 saturated heterocycles. The lowest BCUT2D eigenvalue weighted by Gasteiger charge is -2.18. The Labute approximate surface area is 106 Å². The van der Waals surface area contributed by atoms with E-state index in [9.17, 15) is 5.11 Å². The number of aliphatic hydroxyl groups is 1. The molecule has 1 aromatic rings. The molecule has 6 nitrogen and oxygen atoms in total. The van der Waals surface area contributed by atoms with Crippen LogP contribution in [0.3, 0.4) is 0 Å². The summed E-state index contributed by atoms with van der Waals surface area (Å²) in [5.41, 5.74) is 5.75. The molecule has 3 rings (SSSR count). The van der Waals surface area contributed by atoms with Gasteiger partial charge in [0.2, 0.25) is 5.95 Å². The number of nitrogens with one attached hydrogen (secondary N) is 1. The van der Waals surface area contributed by atoms with Crippen LogP contribution in [-0.4, -0.2) is 40.8 Å². The van der Waals surface area contributed by atoms with Gasteiger partial charge in [-0.15, -0.1) is 0 Å². The van der Waals surface area contributed by atoms with Crippen LogP contribution in [0.5, 0.6) is 0 Å². The van der Waals surface area contributed by atoms with Crippen molar-refractivity contribution >= 4 is 17.6 Å². The van der Waals surface area contributed by atoms with Gasteiger partial charge in [-0.05, 0) is 19.3 Å². The lowest BCUT2D eigenvalue weighted by atomic mass is 10.1. The normalized spacial score (nSPS) is 23.4. The van der Waals surface area contributed by atoms with Gasteiger partial charge in [0.15, 0.2) is 0 Å². The van der Waals surface area contributed by atoms with Crippen LogP contribution in [-0.2, 0) is 0 Å². The zero-order valence-corrected chi connectivity index (χ0v) is 10.3. The Morgan fingerprint density at radius 1 is 1.39 bits per heavy atom. The summed E-state index contributed by atoms with van der Waals surface area (Å²) in [5.74, 6) is 2.33. The Morgan fingerprint density at radius 3 is 2.89 bits per heavy atom. The minimum atomic E-state index is 0.240. The molecule has 98 valence electrons. The van der Waals surface area contributed by atoms with E-state index in [1.54, 1.807) is 0 Å². The average molecular weight is 249 g/mol. The lowest BCUT2D eigenvalue weighted by Crippen LogP contribution is -2.22. The smallest absolute Gasteiger partial charge is 0.223 e. The van der Waals surface area contributed by atoms with E-state index >= 15 is 0 Å². The fraction of sp³-hybridized carbons (Fsp3) is 0.667. The second kappa shape index (κ2) is 4.61. The maximum atomic E-state index is 9.17. The summed E-state index contributed by atoms with van der Waals surface area (Å²) in [6, 6.07) is 2.50. The number of nitrogens with two attached hydrogens (primary N) is 1. The maximum Gasteiger partial charge on any atom is 0.223 e.